The standard InChI is InChI=1S/C21H19N3O2/c1-12-8-17(26-3)19(15-6-7-23-20(12)15)21(2,25)18-10-14-9-13(11-22)4-5-16(14)24-18/h4-8,10,23,25H,9H2,1-3H3. The minimum absolute atomic E-state index is 0.538. The zero-order chi connectivity index (χ0) is 18.5. The Bertz CT molecular complexity index is 1090. The van der Waals surface area contributed by atoms with E-state index in [1.807, 2.05) is 37.4 Å². The molecule has 0 fully saturated rings. The van der Waals surface area contributed by atoms with Gasteiger partial charge in [0.1, 0.15) is 11.4 Å². The van der Waals surface area contributed by atoms with E-state index in [-0.39, 0.29) is 0 Å². The van der Waals surface area contributed by atoms with Gasteiger partial charge in [0.05, 0.1) is 24.6 Å². The zero-order valence-corrected chi connectivity index (χ0v) is 14.9. The van der Waals surface area contributed by atoms with Crippen molar-refractivity contribution in [1.82, 2.24) is 4.98 Å². The molecule has 0 bridgehead atoms. The van der Waals surface area contributed by atoms with Gasteiger partial charge in [-0.15, -0.1) is 0 Å². The van der Waals surface area contributed by atoms with Crippen LogP contribution in [0.5, 0.6) is 5.75 Å². The number of benzene rings is 1. The Hall–Kier alpha value is -3.10. The molecule has 1 aromatic heterocycles. The van der Waals surface area contributed by atoms with Crippen LogP contribution in [0.1, 0.15) is 24.5 Å². The van der Waals surface area contributed by atoms with E-state index in [1.165, 1.54) is 0 Å². The summed E-state index contributed by atoms with van der Waals surface area (Å²) in [5.41, 5.74) is 4.37. The van der Waals surface area contributed by atoms with Gasteiger partial charge in [0.2, 0.25) is 0 Å². The number of allylic oxidation sites excluding steroid dienone is 4. The van der Waals surface area contributed by atoms with Crippen LogP contribution in [0.3, 0.4) is 0 Å². The molecule has 1 atom stereocenters. The fourth-order valence-corrected chi connectivity index (χ4v) is 3.70. The van der Waals surface area contributed by atoms with Gasteiger partial charge in [0.15, 0.2) is 0 Å². The van der Waals surface area contributed by atoms with Gasteiger partial charge >= 0.3 is 0 Å². The number of methoxy groups -OCH3 is 1. The number of aryl methyl sites for hydroxylation is 1. The van der Waals surface area contributed by atoms with Crippen LogP contribution in [-0.4, -0.2) is 22.9 Å². The first-order valence-corrected chi connectivity index (χ1v) is 8.44. The predicted molar refractivity (Wildman–Crippen MR) is 101 cm³/mol. The van der Waals surface area contributed by atoms with Gasteiger partial charge in [-0.25, -0.2) is 4.99 Å². The van der Waals surface area contributed by atoms with E-state index in [1.54, 1.807) is 20.1 Å². The Morgan fingerprint density at radius 3 is 2.92 bits per heavy atom. The van der Waals surface area contributed by atoms with Crippen LogP contribution in [-0.2, 0) is 5.60 Å². The molecule has 2 aromatic rings. The van der Waals surface area contributed by atoms with E-state index in [0.717, 1.165) is 27.7 Å². The minimum Gasteiger partial charge on any atom is -0.496 e. The largest absolute Gasteiger partial charge is 0.496 e. The number of nitrogens with one attached hydrogen (secondary N) is 1. The number of hydrogen-bond donors (Lipinski definition) is 2. The van der Waals surface area contributed by atoms with Gasteiger partial charge in [-0.1, -0.05) is 0 Å². The van der Waals surface area contributed by atoms with Crippen molar-refractivity contribution in [2.24, 2.45) is 4.99 Å². The second-order valence-electron chi connectivity index (χ2n) is 6.81. The van der Waals surface area contributed by atoms with Gasteiger partial charge in [-0.05, 0) is 55.3 Å². The molecule has 1 aliphatic heterocycles. The maximum atomic E-state index is 11.5. The number of aromatic nitrogens is 1. The molecule has 4 rings (SSSR count). The fraction of sp³-hybridized carbons (Fsp3) is 0.238. The maximum Gasteiger partial charge on any atom is 0.133 e. The van der Waals surface area contributed by atoms with E-state index < -0.39 is 5.60 Å². The number of ether oxygens (including phenoxy) is 1. The lowest BCUT2D eigenvalue weighted by Gasteiger charge is -2.26. The number of hydrogen-bond acceptors (Lipinski definition) is 4. The third kappa shape index (κ3) is 2.31. The highest BCUT2D eigenvalue weighted by molar-refractivity contribution is 6.08. The topological polar surface area (TPSA) is 81.4 Å². The van der Waals surface area contributed by atoms with Gasteiger partial charge < -0.3 is 14.8 Å². The summed E-state index contributed by atoms with van der Waals surface area (Å²) in [6, 6.07) is 6.05. The highest BCUT2D eigenvalue weighted by Gasteiger charge is 2.37. The summed E-state index contributed by atoms with van der Waals surface area (Å²) in [5, 5.41) is 21.5. The molecule has 1 unspecified atom stereocenters. The van der Waals surface area contributed by atoms with Crippen molar-refractivity contribution in [2.45, 2.75) is 25.9 Å². The molecule has 130 valence electrons. The summed E-state index contributed by atoms with van der Waals surface area (Å²) in [4.78, 5) is 7.86. The third-order valence-electron chi connectivity index (χ3n) is 5.06. The van der Waals surface area contributed by atoms with Crippen LogP contribution >= 0.6 is 0 Å². The lowest BCUT2D eigenvalue weighted by Crippen LogP contribution is -2.31. The number of nitriles is 1. The summed E-state index contributed by atoms with van der Waals surface area (Å²) >= 11 is 0. The van der Waals surface area contributed by atoms with Crippen LogP contribution in [0.2, 0.25) is 0 Å². The Morgan fingerprint density at radius 2 is 2.19 bits per heavy atom. The molecular weight excluding hydrogens is 326 g/mol. The SMILES string of the molecule is COc1cc(C)c2[nH]ccc2c1C(C)(O)C1=NC2=CC=C(C#N)CC2=C1. The molecule has 0 saturated carbocycles. The second-order valence-corrected chi connectivity index (χ2v) is 6.81. The molecule has 1 aliphatic carbocycles. The summed E-state index contributed by atoms with van der Waals surface area (Å²) in [6.07, 6.45) is 7.89. The van der Waals surface area contributed by atoms with Crippen molar-refractivity contribution >= 4 is 16.6 Å². The lowest BCUT2D eigenvalue weighted by atomic mass is 9.86. The van der Waals surface area contributed by atoms with Gasteiger partial charge in [0.25, 0.3) is 0 Å². The molecule has 0 saturated heterocycles. The number of rotatable bonds is 3. The zero-order valence-electron chi connectivity index (χ0n) is 14.9. The van der Waals surface area contributed by atoms with Crippen molar-refractivity contribution in [1.29, 1.82) is 5.26 Å². The number of aliphatic imine (C=N–C) groups is 1. The van der Waals surface area contributed by atoms with Gasteiger partial charge in [0, 0.05) is 34.7 Å². The quantitative estimate of drug-likeness (QED) is 0.887. The van der Waals surface area contributed by atoms with Crippen molar-refractivity contribution < 1.29 is 9.84 Å². The second kappa shape index (κ2) is 5.72. The van der Waals surface area contributed by atoms with Crippen LogP contribution in [0.15, 0.2) is 58.4 Å². The molecule has 1 aromatic carbocycles. The first kappa shape index (κ1) is 16.4. The predicted octanol–water partition coefficient (Wildman–Crippen LogP) is 3.81. The summed E-state index contributed by atoms with van der Waals surface area (Å²) < 4.78 is 5.59. The molecule has 5 nitrogen and oxygen atoms in total. The third-order valence-corrected chi connectivity index (χ3v) is 5.06. The average molecular weight is 345 g/mol. The van der Waals surface area contributed by atoms with Crippen molar-refractivity contribution in [3.8, 4) is 11.8 Å². The van der Waals surface area contributed by atoms with Gasteiger partial charge in [-0.3, -0.25) is 0 Å². The average Bonchev–Trinajstić information content (AvgIpc) is 3.27. The van der Waals surface area contributed by atoms with E-state index in [9.17, 15) is 5.11 Å². The maximum absolute atomic E-state index is 11.5. The van der Waals surface area contributed by atoms with Crippen molar-refractivity contribution in [2.75, 3.05) is 7.11 Å². The Balaban J connectivity index is 1.86. The van der Waals surface area contributed by atoms with Gasteiger partial charge in [-0.2, -0.15) is 5.26 Å². The molecule has 5 heteroatoms. The van der Waals surface area contributed by atoms with Crippen molar-refractivity contribution in [3.63, 3.8) is 0 Å². The van der Waals surface area contributed by atoms with E-state index in [4.69, 9.17) is 10.00 Å². The Labute approximate surface area is 151 Å². The van der Waals surface area contributed by atoms with Crippen LogP contribution in [0, 0.1) is 18.3 Å². The summed E-state index contributed by atoms with van der Waals surface area (Å²) in [5.74, 6) is 0.625. The Morgan fingerprint density at radius 1 is 1.38 bits per heavy atom. The first-order valence-electron chi connectivity index (χ1n) is 8.44. The molecule has 26 heavy (non-hydrogen) atoms. The fourth-order valence-electron chi connectivity index (χ4n) is 3.70. The molecule has 2 N–H and O–H groups in total. The number of aliphatic hydroxyl groups is 1. The number of nitrogens with zero attached hydrogens (tertiary/aromatic N) is 2. The van der Waals surface area contributed by atoms with E-state index in [2.05, 4.69) is 16.0 Å². The first-order chi connectivity index (χ1) is 12.5. The highest BCUT2D eigenvalue weighted by atomic mass is 16.5. The number of aromatic amines is 1. The van der Waals surface area contributed by atoms with Crippen LogP contribution in [0.4, 0.5) is 0 Å². The lowest BCUT2D eigenvalue weighted by molar-refractivity contribution is 0.132. The minimum atomic E-state index is -1.34. The monoisotopic (exact) mass is 345 g/mol. The van der Waals surface area contributed by atoms with Crippen LogP contribution in [0.25, 0.3) is 10.9 Å². The molecule has 2 aliphatic rings. The van der Waals surface area contributed by atoms with E-state index >= 15 is 0 Å². The van der Waals surface area contributed by atoms with E-state index in [0.29, 0.717) is 29.0 Å². The molecule has 0 amide bonds. The Kier molecular flexibility index (Phi) is 3.60. The van der Waals surface area contributed by atoms with Crippen LogP contribution < -0.4 is 4.74 Å². The highest BCUT2D eigenvalue weighted by Crippen LogP contribution is 2.42. The molecular formula is C21H19N3O2. The number of H-pyrrole nitrogens is 1. The molecule has 0 radical (unpaired) electrons. The molecule has 2 heterocycles. The summed E-state index contributed by atoms with van der Waals surface area (Å²) in [7, 11) is 1.60. The van der Waals surface area contributed by atoms with Crippen molar-refractivity contribution in [3.05, 3.63) is 64.5 Å². The molecule has 0 spiro atoms. The smallest absolute Gasteiger partial charge is 0.133 e. The normalized spacial score (nSPS) is 18.3. The number of fused-ring (bicyclic) bond motifs is 2. The summed E-state index contributed by atoms with van der Waals surface area (Å²) in [6.45, 7) is 3.74.